The van der Waals surface area contributed by atoms with E-state index in [1.54, 1.807) is 0 Å². The summed E-state index contributed by atoms with van der Waals surface area (Å²) in [4.78, 5) is 0. The molecule has 106 valence electrons. The second-order valence-corrected chi connectivity index (χ2v) is 13.1. The molecule has 0 saturated carbocycles. The molecule has 6 heterocycles. The largest absolute Gasteiger partial charge is 0.565 e. The molecule has 0 N–H and O–H groups in total. The predicted octanol–water partition coefficient (Wildman–Crippen LogP) is -3.27. The Hall–Kier alpha value is 0.821. The van der Waals surface area contributed by atoms with Crippen LogP contribution in [0.1, 0.15) is 0 Å². The molecule has 6 fully saturated rings. The van der Waals surface area contributed by atoms with Gasteiger partial charge in [0.2, 0.25) is 0 Å². The fourth-order valence-corrected chi connectivity index (χ4v) is 13.4. The van der Waals surface area contributed by atoms with Crippen molar-refractivity contribution in [2.24, 2.45) is 0 Å². The molecule has 0 amide bonds. The number of rotatable bonds is 0. The van der Waals surface area contributed by atoms with Gasteiger partial charge in [-0.3, -0.25) is 4.74 Å². The Bertz CT molecular complexity index is 245. The summed E-state index contributed by atoms with van der Waals surface area (Å²) in [6.07, 6.45) is 0. The smallest absolute Gasteiger partial charge is 0.369 e. The molecule has 6 aliphatic heterocycles. The first-order chi connectivity index (χ1) is 9.80. The number of ether oxygens (including phenoxy) is 1. The van der Waals surface area contributed by atoms with Gasteiger partial charge in [0.05, 0.1) is 0 Å². The van der Waals surface area contributed by atoms with Gasteiger partial charge in [0.15, 0.2) is 0 Å². The average molecular weight is 387 g/mol. The van der Waals surface area contributed by atoms with Crippen LogP contribution in [0.2, 0.25) is 0 Å². The molecule has 0 unspecified atom stereocenters. The molecule has 0 aliphatic carbocycles. The van der Waals surface area contributed by atoms with E-state index in [9.17, 15) is 0 Å². The first kappa shape index (κ1) is 13.3. The van der Waals surface area contributed by atoms with Crippen LogP contribution in [0.5, 0.6) is 0 Å². The van der Waals surface area contributed by atoms with Crippen molar-refractivity contribution in [3.63, 3.8) is 0 Å². The van der Waals surface area contributed by atoms with E-state index in [0.717, 1.165) is 0 Å². The topological polar surface area (TPSA) is 111 Å². The first-order valence-corrected chi connectivity index (χ1v) is 12.4. The predicted molar refractivity (Wildman–Crippen MR) is 55.1 cm³/mol. The van der Waals surface area contributed by atoms with Crippen LogP contribution in [0.25, 0.3) is 0 Å². The highest BCUT2D eigenvalue weighted by atomic mass is 28.5. The highest BCUT2D eigenvalue weighted by Crippen LogP contribution is 2.27. The Morgan fingerprint density at radius 1 is 0.400 bits per heavy atom. The average Bonchev–Trinajstić information content (AvgIpc) is 2.18. The summed E-state index contributed by atoms with van der Waals surface area (Å²) < 4.78 is 65.9. The standard InChI is InChI=1S/C2H2O12Si6/c3-1-4-15-8-17-6-2(3)7-18-9-16(5-1)11-19(10-15)14-20(12-17)13-18/h1-2H. The second kappa shape index (κ2) is 5.18. The lowest BCUT2D eigenvalue weighted by Gasteiger charge is -2.42. The van der Waals surface area contributed by atoms with Crippen LogP contribution < -0.4 is 0 Å². The van der Waals surface area contributed by atoms with Gasteiger partial charge < -0.3 is 46.5 Å². The summed E-state index contributed by atoms with van der Waals surface area (Å²) in [6, 6.07) is 0. The summed E-state index contributed by atoms with van der Waals surface area (Å²) in [5.41, 5.74) is 0. The molecule has 18 heteroatoms. The molecule has 8 bridgehead atoms. The molecule has 0 aromatic heterocycles. The third-order valence-corrected chi connectivity index (χ3v) is 13.0. The normalized spacial score (nSPS) is 41.4. The monoisotopic (exact) mass is 386 g/mol. The van der Waals surface area contributed by atoms with Crippen LogP contribution in [0.4, 0.5) is 0 Å². The molecule has 6 rings (SSSR count). The zero-order chi connectivity index (χ0) is 13.1. The van der Waals surface area contributed by atoms with Crippen molar-refractivity contribution in [1.82, 2.24) is 0 Å². The Balaban J connectivity index is 1.57. The summed E-state index contributed by atoms with van der Waals surface area (Å²) in [5.74, 6) is 0. The molecular weight excluding hydrogens is 385 g/mol. The lowest BCUT2D eigenvalue weighted by molar-refractivity contribution is -0.355. The van der Waals surface area contributed by atoms with E-state index in [1.165, 1.54) is 0 Å². The van der Waals surface area contributed by atoms with Gasteiger partial charge in [-0.1, -0.05) is 0 Å². The van der Waals surface area contributed by atoms with Crippen LogP contribution in [-0.2, 0) is 51.2 Å². The highest BCUT2D eigenvalue weighted by Gasteiger charge is 2.58. The molecule has 0 atom stereocenters. The van der Waals surface area contributed by atoms with Crippen molar-refractivity contribution < 1.29 is 51.2 Å². The van der Waals surface area contributed by atoms with Crippen LogP contribution in [0, 0.1) is 0 Å². The van der Waals surface area contributed by atoms with Crippen molar-refractivity contribution in [1.29, 1.82) is 0 Å². The molecule has 0 aromatic carbocycles. The maximum absolute atomic E-state index is 5.55. The van der Waals surface area contributed by atoms with Gasteiger partial charge in [-0.15, -0.1) is 0 Å². The van der Waals surface area contributed by atoms with Gasteiger partial charge in [-0.25, -0.2) is 0 Å². The Labute approximate surface area is 122 Å². The van der Waals surface area contributed by atoms with Crippen LogP contribution in [-0.4, -0.2) is 70.1 Å². The molecule has 0 aromatic rings. The SMILES string of the molecule is O1C2O[Si]3O[Si]4OC1O[Si]1O[Si](O2)O[Si](O3)O[Si](O4)O1. The van der Waals surface area contributed by atoms with Gasteiger partial charge in [0.1, 0.15) is 0 Å². The Morgan fingerprint density at radius 2 is 0.700 bits per heavy atom. The van der Waals surface area contributed by atoms with E-state index < -0.39 is 70.1 Å². The van der Waals surface area contributed by atoms with Crippen molar-refractivity contribution in [3.05, 3.63) is 0 Å². The Morgan fingerprint density at radius 3 is 1.10 bits per heavy atom. The lowest BCUT2D eigenvalue weighted by Crippen LogP contribution is -2.66. The third kappa shape index (κ3) is 2.51. The summed E-state index contributed by atoms with van der Waals surface area (Å²) >= 11 is 0. The van der Waals surface area contributed by atoms with Crippen LogP contribution in [0.3, 0.4) is 0 Å². The van der Waals surface area contributed by atoms with Crippen LogP contribution in [0.15, 0.2) is 0 Å². The van der Waals surface area contributed by atoms with Crippen molar-refractivity contribution in [2.45, 2.75) is 13.0 Å². The third-order valence-electron chi connectivity index (χ3n) is 2.16. The quantitative estimate of drug-likeness (QED) is 0.389. The molecule has 6 radical (unpaired) electrons. The molecule has 0 spiro atoms. The minimum atomic E-state index is -2.25. The summed E-state index contributed by atoms with van der Waals surface area (Å²) in [6.45, 7) is -2.27. The fourth-order valence-electron chi connectivity index (χ4n) is 1.44. The van der Waals surface area contributed by atoms with E-state index in [2.05, 4.69) is 0 Å². The van der Waals surface area contributed by atoms with E-state index in [-0.39, 0.29) is 0 Å². The minimum absolute atomic E-state index is 1.14. The number of hydrogen-bond acceptors (Lipinski definition) is 12. The van der Waals surface area contributed by atoms with Crippen molar-refractivity contribution in [2.75, 3.05) is 0 Å². The number of hydrogen-bond donors (Lipinski definition) is 0. The maximum Gasteiger partial charge on any atom is 0.565 e. The zero-order valence-electron chi connectivity index (χ0n) is 9.05. The van der Waals surface area contributed by atoms with Gasteiger partial charge >= 0.3 is 57.2 Å². The van der Waals surface area contributed by atoms with E-state index in [0.29, 0.717) is 0 Å². The highest BCUT2D eigenvalue weighted by molar-refractivity contribution is 6.73. The molecule has 20 heavy (non-hydrogen) atoms. The van der Waals surface area contributed by atoms with Crippen molar-refractivity contribution >= 4 is 57.2 Å². The molecule has 6 saturated heterocycles. The van der Waals surface area contributed by atoms with E-state index in [1.807, 2.05) is 0 Å². The fraction of sp³-hybridized carbons (Fsp3) is 1.00. The maximum atomic E-state index is 5.55. The molecular formula is C2H2O12Si6. The van der Waals surface area contributed by atoms with Gasteiger partial charge in [0, 0.05) is 0 Å². The van der Waals surface area contributed by atoms with Gasteiger partial charge in [0.25, 0.3) is 13.0 Å². The molecule has 12 nitrogen and oxygen atoms in total. The molecule has 6 aliphatic rings. The van der Waals surface area contributed by atoms with Gasteiger partial charge in [-0.05, 0) is 0 Å². The summed E-state index contributed by atoms with van der Waals surface area (Å²) in [5, 5.41) is 0. The van der Waals surface area contributed by atoms with Gasteiger partial charge in [-0.2, -0.15) is 0 Å². The first-order valence-electron chi connectivity index (χ1n) is 5.09. The minimum Gasteiger partial charge on any atom is -0.369 e. The zero-order valence-corrected chi connectivity index (χ0v) is 15.1. The lowest BCUT2D eigenvalue weighted by atomic mass is 11.2. The van der Waals surface area contributed by atoms with E-state index in [4.69, 9.17) is 51.2 Å². The van der Waals surface area contributed by atoms with E-state index >= 15 is 0 Å². The second-order valence-electron chi connectivity index (χ2n) is 3.40. The summed E-state index contributed by atoms with van der Waals surface area (Å²) in [7, 11) is -13.4. The van der Waals surface area contributed by atoms with Crippen LogP contribution >= 0.6 is 0 Å². The van der Waals surface area contributed by atoms with Crippen molar-refractivity contribution in [3.8, 4) is 0 Å². The Kier molecular flexibility index (Phi) is 3.44.